The quantitative estimate of drug-likeness (QED) is 0.572. The van der Waals surface area contributed by atoms with Gasteiger partial charge in [-0.05, 0) is 30.5 Å². The Morgan fingerprint density at radius 3 is 2.54 bits per heavy atom. The standard InChI is InChI=1S/C19H26ClF3N2O3/c1-27-17-5-3-15(13-16(17)20)4-6-18(26)25-10-8-24(9-11-25)7-2-12-28-14-19(21,22)23/h3,5,13H,2,4,6-12,14H2,1H3. The molecule has 1 aromatic carbocycles. The third-order valence-corrected chi connectivity index (χ3v) is 4.89. The molecule has 0 atom stereocenters. The monoisotopic (exact) mass is 422 g/mol. The van der Waals surface area contributed by atoms with Gasteiger partial charge in [-0.15, -0.1) is 0 Å². The van der Waals surface area contributed by atoms with Crippen molar-refractivity contribution in [3.05, 3.63) is 28.8 Å². The normalized spacial score (nSPS) is 15.7. The van der Waals surface area contributed by atoms with E-state index >= 15 is 0 Å². The molecule has 0 N–H and O–H groups in total. The van der Waals surface area contributed by atoms with Gasteiger partial charge in [-0.3, -0.25) is 9.69 Å². The molecule has 0 aliphatic carbocycles. The lowest BCUT2D eigenvalue weighted by atomic mass is 10.1. The van der Waals surface area contributed by atoms with Gasteiger partial charge < -0.3 is 14.4 Å². The van der Waals surface area contributed by atoms with Crippen molar-refractivity contribution >= 4 is 17.5 Å². The zero-order valence-electron chi connectivity index (χ0n) is 15.9. The molecule has 0 bridgehead atoms. The number of methoxy groups -OCH3 is 1. The zero-order valence-corrected chi connectivity index (χ0v) is 16.7. The first-order valence-electron chi connectivity index (χ1n) is 9.25. The minimum Gasteiger partial charge on any atom is -0.495 e. The lowest BCUT2D eigenvalue weighted by Gasteiger charge is -2.34. The molecular formula is C19H26ClF3N2O3. The van der Waals surface area contributed by atoms with Crippen LogP contribution >= 0.6 is 11.6 Å². The van der Waals surface area contributed by atoms with Gasteiger partial charge in [0.15, 0.2) is 0 Å². The largest absolute Gasteiger partial charge is 0.495 e. The summed E-state index contributed by atoms with van der Waals surface area (Å²) in [5, 5.41) is 0.528. The zero-order chi connectivity index (χ0) is 20.6. The summed E-state index contributed by atoms with van der Waals surface area (Å²) < 4.78 is 45.7. The number of rotatable bonds is 9. The van der Waals surface area contributed by atoms with Crippen molar-refractivity contribution in [3.8, 4) is 5.75 Å². The molecule has 158 valence electrons. The van der Waals surface area contributed by atoms with E-state index in [1.54, 1.807) is 13.2 Å². The highest BCUT2D eigenvalue weighted by Gasteiger charge is 2.27. The first-order valence-corrected chi connectivity index (χ1v) is 9.63. The van der Waals surface area contributed by atoms with Crippen LogP contribution in [-0.4, -0.2) is 74.9 Å². The van der Waals surface area contributed by atoms with Crippen molar-refractivity contribution in [3.63, 3.8) is 0 Å². The van der Waals surface area contributed by atoms with E-state index in [1.807, 2.05) is 17.0 Å². The first-order chi connectivity index (χ1) is 13.3. The van der Waals surface area contributed by atoms with Crippen LogP contribution in [-0.2, 0) is 16.0 Å². The van der Waals surface area contributed by atoms with E-state index in [1.165, 1.54) is 0 Å². The number of halogens is 4. The average Bonchev–Trinajstić information content (AvgIpc) is 2.65. The van der Waals surface area contributed by atoms with Crippen LogP contribution in [0.5, 0.6) is 5.75 Å². The lowest BCUT2D eigenvalue weighted by Crippen LogP contribution is -2.49. The number of alkyl halides is 3. The number of ether oxygens (including phenoxy) is 2. The summed E-state index contributed by atoms with van der Waals surface area (Å²) in [5.41, 5.74) is 0.983. The van der Waals surface area contributed by atoms with Gasteiger partial charge >= 0.3 is 6.18 Å². The molecule has 0 unspecified atom stereocenters. The number of benzene rings is 1. The number of nitrogens with zero attached hydrogens (tertiary/aromatic N) is 2. The topological polar surface area (TPSA) is 42.0 Å². The van der Waals surface area contributed by atoms with Crippen molar-refractivity contribution in [1.82, 2.24) is 9.80 Å². The molecule has 1 aromatic rings. The highest BCUT2D eigenvalue weighted by atomic mass is 35.5. The fourth-order valence-electron chi connectivity index (χ4n) is 3.07. The Morgan fingerprint density at radius 1 is 1.21 bits per heavy atom. The molecule has 1 fully saturated rings. The van der Waals surface area contributed by atoms with Gasteiger partial charge in [-0.25, -0.2) is 0 Å². The Bertz CT molecular complexity index is 635. The number of aryl methyl sites for hydroxylation is 1. The van der Waals surface area contributed by atoms with Crippen molar-refractivity contribution in [2.24, 2.45) is 0 Å². The summed E-state index contributed by atoms with van der Waals surface area (Å²) in [6.07, 6.45) is -2.71. The minimum absolute atomic E-state index is 0.0864. The van der Waals surface area contributed by atoms with E-state index in [0.29, 0.717) is 49.7 Å². The Balaban J connectivity index is 1.63. The Morgan fingerprint density at radius 2 is 1.93 bits per heavy atom. The molecule has 1 aliphatic rings. The van der Waals surface area contributed by atoms with E-state index in [-0.39, 0.29) is 12.5 Å². The Hall–Kier alpha value is -1.51. The van der Waals surface area contributed by atoms with Crippen LogP contribution in [0.2, 0.25) is 5.02 Å². The maximum absolute atomic E-state index is 12.4. The molecule has 0 radical (unpaired) electrons. The minimum atomic E-state index is -4.27. The van der Waals surface area contributed by atoms with Crippen LogP contribution in [0.1, 0.15) is 18.4 Å². The lowest BCUT2D eigenvalue weighted by molar-refractivity contribution is -0.174. The number of carbonyl (C=O) groups is 1. The molecule has 1 heterocycles. The maximum Gasteiger partial charge on any atom is 0.411 e. The van der Waals surface area contributed by atoms with Gasteiger partial charge in [0.05, 0.1) is 12.1 Å². The summed E-state index contributed by atoms with van der Waals surface area (Å²) >= 11 is 6.10. The van der Waals surface area contributed by atoms with Crippen LogP contribution < -0.4 is 4.74 Å². The predicted molar refractivity (Wildman–Crippen MR) is 101 cm³/mol. The second kappa shape index (κ2) is 10.9. The van der Waals surface area contributed by atoms with Gasteiger partial charge in [0.25, 0.3) is 0 Å². The summed E-state index contributed by atoms with van der Waals surface area (Å²) in [4.78, 5) is 16.4. The fraction of sp³-hybridized carbons (Fsp3) is 0.632. The molecule has 9 heteroatoms. The summed E-state index contributed by atoms with van der Waals surface area (Å²) in [7, 11) is 1.56. The molecule has 0 spiro atoms. The van der Waals surface area contributed by atoms with Gasteiger partial charge in [-0.1, -0.05) is 17.7 Å². The molecule has 0 aromatic heterocycles. The Labute approximate surface area is 168 Å². The molecular weight excluding hydrogens is 397 g/mol. The van der Waals surface area contributed by atoms with E-state index < -0.39 is 12.8 Å². The SMILES string of the molecule is COc1ccc(CCC(=O)N2CCN(CCCOCC(F)(F)F)CC2)cc1Cl. The highest BCUT2D eigenvalue weighted by molar-refractivity contribution is 6.32. The molecule has 1 amide bonds. The van der Waals surface area contributed by atoms with Crippen molar-refractivity contribution in [2.45, 2.75) is 25.4 Å². The number of piperazine rings is 1. The smallest absolute Gasteiger partial charge is 0.411 e. The van der Waals surface area contributed by atoms with Crippen LogP contribution in [0.3, 0.4) is 0 Å². The van der Waals surface area contributed by atoms with Crippen molar-refractivity contribution in [1.29, 1.82) is 0 Å². The molecule has 5 nitrogen and oxygen atoms in total. The van der Waals surface area contributed by atoms with E-state index in [4.69, 9.17) is 16.3 Å². The van der Waals surface area contributed by atoms with Crippen LogP contribution in [0.4, 0.5) is 13.2 Å². The van der Waals surface area contributed by atoms with E-state index in [2.05, 4.69) is 9.64 Å². The van der Waals surface area contributed by atoms with E-state index in [0.717, 1.165) is 18.7 Å². The molecule has 1 aliphatic heterocycles. The van der Waals surface area contributed by atoms with Gasteiger partial charge in [0.2, 0.25) is 5.91 Å². The Kier molecular flexibility index (Phi) is 8.85. The second-order valence-electron chi connectivity index (χ2n) is 6.71. The highest BCUT2D eigenvalue weighted by Crippen LogP contribution is 2.25. The van der Waals surface area contributed by atoms with Crippen molar-refractivity contribution in [2.75, 3.05) is 53.0 Å². The average molecular weight is 423 g/mol. The number of hydrogen-bond acceptors (Lipinski definition) is 4. The summed E-state index contributed by atoms with van der Waals surface area (Å²) in [5.74, 6) is 0.705. The van der Waals surface area contributed by atoms with Crippen molar-refractivity contribution < 1.29 is 27.4 Å². The molecule has 28 heavy (non-hydrogen) atoms. The van der Waals surface area contributed by atoms with Crippen LogP contribution in [0, 0.1) is 0 Å². The summed E-state index contributed by atoms with van der Waals surface area (Å²) in [6, 6.07) is 5.50. The molecule has 2 rings (SSSR count). The van der Waals surface area contributed by atoms with Gasteiger partial charge in [0, 0.05) is 45.8 Å². The van der Waals surface area contributed by atoms with Crippen LogP contribution in [0.25, 0.3) is 0 Å². The molecule has 0 saturated carbocycles. The number of hydrogen-bond donors (Lipinski definition) is 0. The van der Waals surface area contributed by atoms with Gasteiger partial charge in [0.1, 0.15) is 12.4 Å². The van der Waals surface area contributed by atoms with E-state index in [9.17, 15) is 18.0 Å². The number of amides is 1. The third-order valence-electron chi connectivity index (χ3n) is 4.60. The molecule has 1 saturated heterocycles. The third kappa shape index (κ3) is 7.85. The second-order valence-corrected chi connectivity index (χ2v) is 7.12. The first kappa shape index (κ1) is 22.8. The summed E-state index contributed by atoms with van der Waals surface area (Å²) in [6.45, 7) is 2.26. The van der Waals surface area contributed by atoms with Gasteiger partial charge in [-0.2, -0.15) is 13.2 Å². The number of carbonyl (C=O) groups excluding carboxylic acids is 1. The fourth-order valence-corrected chi connectivity index (χ4v) is 3.35. The maximum atomic E-state index is 12.4. The van der Waals surface area contributed by atoms with Crippen LogP contribution in [0.15, 0.2) is 18.2 Å². The predicted octanol–water partition coefficient (Wildman–Crippen LogP) is 3.39.